The molecule has 1 aliphatic carbocycles. The number of carbonyl (C=O) groups is 1. The first kappa shape index (κ1) is 19.7. The van der Waals surface area contributed by atoms with Crippen LogP contribution in [0.3, 0.4) is 0 Å². The number of nitrogens with zero attached hydrogens (tertiary/aromatic N) is 2. The number of hydrogen-bond donors (Lipinski definition) is 1. The van der Waals surface area contributed by atoms with E-state index in [1.165, 1.54) is 44.7 Å². The second-order valence-electron chi connectivity index (χ2n) is 6.82. The molecule has 1 aliphatic rings. The molecule has 140 valence electrons. The maximum atomic E-state index is 12.4. The number of nitrogens with one attached hydrogen (secondary N) is 1. The van der Waals surface area contributed by atoms with Crippen LogP contribution in [0.4, 0.5) is 5.69 Å². The topological polar surface area (TPSA) is 69.7 Å². The fourth-order valence-electron chi connectivity index (χ4n) is 3.07. The van der Waals surface area contributed by atoms with Crippen molar-refractivity contribution in [3.63, 3.8) is 0 Å². The molecule has 0 aromatic heterocycles. The van der Waals surface area contributed by atoms with Gasteiger partial charge in [-0.25, -0.2) is 0 Å². The van der Waals surface area contributed by atoms with Crippen molar-refractivity contribution in [3.05, 3.63) is 29.8 Å². The van der Waals surface area contributed by atoms with Crippen molar-refractivity contribution in [1.29, 1.82) is 0 Å². The Hall–Kier alpha value is -1.60. The number of rotatable bonds is 5. The molecular weight excluding hydrogens is 338 g/mol. The zero-order valence-electron chi connectivity index (χ0n) is 15.4. The summed E-state index contributed by atoms with van der Waals surface area (Å²) in [5.41, 5.74) is 1.08. The van der Waals surface area contributed by atoms with Crippen LogP contribution in [-0.4, -0.2) is 45.8 Å². The minimum Gasteiger partial charge on any atom is -0.349 e. The Morgan fingerprint density at radius 1 is 0.960 bits per heavy atom. The summed E-state index contributed by atoms with van der Waals surface area (Å²) >= 11 is 0. The number of anilines is 1. The van der Waals surface area contributed by atoms with E-state index >= 15 is 0 Å². The minimum atomic E-state index is -3.53. The van der Waals surface area contributed by atoms with Crippen LogP contribution in [0.25, 0.3) is 0 Å². The van der Waals surface area contributed by atoms with E-state index in [-0.39, 0.29) is 11.9 Å². The normalized spacial score (nSPS) is 17.0. The Kier molecular flexibility index (Phi) is 6.84. The minimum absolute atomic E-state index is 0.0877. The lowest BCUT2D eigenvalue weighted by Crippen LogP contribution is -2.37. The van der Waals surface area contributed by atoms with Crippen molar-refractivity contribution in [1.82, 2.24) is 9.62 Å². The number of carbonyl (C=O) groups excluding carboxylic acids is 1. The Bertz CT molecular complexity index is 663. The summed E-state index contributed by atoms with van der Waals surface area (Å²) < 4.78 is 26.6. The van der Waals surface area contributed by atoms with Gasteiger partial charge >= 0.3 is 10.2 Å². The molecule has 0 saturated heterocycles. The summed E-state index contributed by atoms with van der Waals surface area (Å²) in [5.74, 6) is -0.0877. The lowest BCUT2D eigenvalue weighted by atomic mass is 9.96. The maximum absolute atomic E-state index is 12.4. The molecule has 6 nitrogen and oxygen atoms in total. The smallest absolute Gasteiger partial charge is 0.303 e. The van der Waals surface area contributed by atoms with Gasteiger partial charge in [-0.1, -0.05) is 32.1 Å². The fraction of sp³-hybridized carbons (Fsp3) is 0.611. The van der Waals surface area contributed by atoms with Gasteiger partial charge in [0.15, 0.2) is 0 Å². The number of benzene rings is 1. The summed E-state index contributed by atoms with van der Waals surface area (Å²) in [4.78, 5) is 12.4. The molecule has 1 aromatic carbocycles. The van der Waals surface area contributed by atoms with Crippen molar-refractivity contribution in [2.75, 3.05) is 25.4 Å². The summed E-state index contributed by atoms with van der Waals surface area (Å²) in [6.07, 6.45) is 8.18. The highest BCUT2D eigenvalue weighted by molar-refractivity contribution is 7.90. The molecule has 1 amide bonds. The van der Waals surface area contributed by atoms with Gasteiger partial charge in [0, 0.05) is 32.7 Å². The van der Waals surface area contributed by atoms with Crippen molar-refractivity contribution in [2.24, 2.45) is 0 Å². The fourth-order valence-corrected chi connectivity index (χ4v) is 3.95. The lowest BCUT2D eigenvalue weighted by Gasteiger charge is -2.23. The van der Waals surface area contributed by atoms with Crippen LogP contribution >= 0.6 is 0 Å². The Morgan fingerprint density at radius 2 is 1.48 bits per heavy atom. The molecule has 0 bridgehead atoms. The third-order valence-corrected chi connectivity index (χ3v) is 6.57. The summed E-state index contributed by atoms with van der Waals surface area (Å²) in [5, 5.41) is 3.12. The first-order valence-corrected chi connectivity index (χ1v) is 10.3. The van der Waals surface area contributed by atoms with E-state index in [1.54, 1.807) is 24.3 Å². The Balaban J connectivity index is 2.02. The highest BCUT2D eigenvalue weighted by atomic mass is 32.2. The van der Waals surface area contributed by atoms with Crippen molar-refractivity contribution in [3.8, 4) is 0 Å². The molecule has 25 heavy (non-hydrogen) atoms. The Morgan fingerprint density at radius 3 is 2.00 bits per heavy atom. The molecule has 2 rings (SSSR count). The van der Waals surface area contributed by atoms with E-state index in [0.717, 1.165) is 30.0 Å². The molecule has 1 saturated carbocycles. The largest absolute Gasteiger partial charge is 0.349 e. The van der Waals surface area contributed by atoms with Crippen molar-refractivity contribution < 1.29 is 13.2 Å². The molecule has 7 heteroatoms. The molecule has 0 heterocycles. The lowest BCUT2D eigenvalue weighted by molar-refractivity contribution is 0.0930. The molecule has 0 atom stereocenters. The van der Waals surface area contributed by atoms with Crippen LogP contribution in [0, 0.1) is 0 Å². The van der Waals surface area contributed by atoms with Gasteiger partial charge in [-0.15, -0.1) is 0 Å². The first-order chi connectivity index (χ1) is 11.8. The maximum Gasteiger partial charge on any atom is 0.303 e. The predicted molar refractivity (Wildman–Crippen MR) is 101 cm³/mol. The second kappa shape index (κ2) is 8.67. The SMILES string of the molecule is CN(C)S(=O)(=O)N(C)c1ccc(C(=O)NC2CCCCCCC2)cc1. The van der Waals surface area contributed by atoms with E-state index in [2.05, 4.69) is 5.32 Å². The van der Waals surface area contributed by atoms with Gasteiger partial charge in [0.2, 0.25) is 0 Å². The van der Waals surface area contributed by atoms with Gasteiger partial charge in [-0.05, 0) is 37.1 Å². The summed E-state index contributed by atoms with van der Waals surface area (Å²) in [7, 11) is 0.949. The van der Waals surface area contributed by atoms with Gasteiger partial charge in [0.1, 0.15) is 0 Å². The van der Waals surface area contributed by atoms with Crippen LogP contribution in [0.5, 0.6) is 0 Å². The standard InChI is InChI=1S/C18H29N3O3S/c1-20(2)25(23,24)21(3)17-13-11-15(12-14-17)18(22)19-16-9-7-5-4-6-8-10-16/h11-14,16H,4-10H2,1-3H3,(H,19,22). The van der Waals surface area contributed by atoms with E-state index in [9.17, 15) is 13.2 Å². The average Bonchev–Trinajstić information content (AvgIpc) is 2.56. The first-order valence-electron chi connectivity index (χ1n) is 8.89. The van der Waals surface area contributed by atoms with Crippen molar-refractivity contribution >= 4 is 21.8 Å². The second-order valence-corrected chi connectivity index (χ2v) is 8.99. The molecule has 0 aliphatic heterocycles. The summed E-state index contributed by atoms with van der Waals surface area (Å²) in [6.45, 7) is 0. The molecule has 1 fully saturated rings. The molecule has 0 spiro atoms. The van der Waals surface area contributed by atoms with Crippen LogP contribution in [0.1, 0.15) is 55.3 Å². The third-order valence-electron chi connectivity index (χ3n) is 4.74. The van der Waals surface area contributed by atoms with Crippen LogP contribution in [0.2, 0.25) is 0 Å². The van der Waals surface area contributed by atoms with Gasteiger partial charge in [0.05, 0.1) is 5.69 Å². The van der Waals surface area contributed by atoms with Crippen LogP contribution in [-0.2, 0) is 10.2 Å². The molecule has 1 N–H and O–H groups in total. The average molecular weight is 368 g/mol. The molecule has 1 aromatic rings. The van der Waals surface area contributed by atoms with Gasteiger partial charge < -0.3 is 5.32 Å². The Labute approximate surface area is 151 Å². The summed E-state index contributed by atoms with van der Waals surface area (Å²) in [6, 6.07) is 6.91. The quantitative estimate of drug-likeness (QED) is 0.870. The van der Waals surface area contributed by atoms with Crippen LogP contribution in [0.15, 0.2) is 24.3 Å². The zero-order valence-corrected chi connectivity index (χ0v) is 16.2. The van der Waals surface area contributed by atoms with Gasteiger partial charge in [-0.2, -0.15) is 12.7 Å². The van der Waals surface area contributed by atoms with E-state index in [4.69, 9.17) is 0 Å². The predicted octanol–water partition coefficient (Wildman–Crippen LogP) is 2.77. The van der Waals surface area contributed by atoms with Gasteiger partial charge in [0.25, 0.3) is 5.91 Å². The highest BCUT2D eigenvalue weighted by Gasteiger charge is 2.21. The van der Waals surface area contributed by atoms with E-state index < -0.39 is 10.2 Å². The number of hydrogen-bond acceptors (Lipinski definition) is 3. The van der Waals surface area contributed by atoms with Crippen LogP contribution < -0.4 is 9.62 Å². The van der Waals surface area contributed by atoms with Gasteiger partial charge in [-0.3, -0.25) is 9.10 Å². The van der Waals surface area contributed by atoms with E-state index in [1.807, 2.05) is 0 Å². The highest BCUT2D eigenvalue weighted by Crippen LogP contribution is 2.20. The number of amides is 1. The third kappa shape index (κ3) is 5.19. The zero-order chi connectivity index (χ0) is 18.4. The monoisotopic (exact) mass is 367 g/mol. The molecular formula is C18H29N3O3S. The molecule has 0 radical (unpaired) electrons. The van der Waals surface area contributed by atoms with E-state index in [0.29, 0.717) is 11.3 Å². The van der Waals surface area contributed by atoms with Crippen molar-refractivity contribution in [2.45, 2.75) is 51.0 Å². The molecule has 0 unspecified atom stereocenters.